The molecule has 1 N–H and O–H groups in total. The van der Waals surface area contributed by atoms with Crippen LogP contribution in [0.5, 0.6) is 0 Å². The molecule has 4 aliphatic heterocycles. The number of methoxy groups -OCH3 is 1. The number of hydrogen-bond donors (Lipinski definition) is 1. The first-order valence-electron chi connectivity index (χ1n) is 10.6. The van der Waals surface area contributed by atoms with E-state index < -0.39 is 22.5 Å². The van der Waals surface area contributed by atoms with Gasteiger partial charge < -0.3 is 19.5 Å². The van der Waals surface area contributed by atoms with Gasteiger partial charge in [0.25, 0.3) is 0 Å². The number of ether oxygens (including phenoxy) is 3. The Balaban J connectivity index is 1.69. The number of anilines is 1. The molecule has 158 valence electrons. The van der Waals surface area contributed by atoms with Crippen molar-refractivity contribution in [2.45, 2.75) is 50.1 Å². The van der Waals surface area contributed by atoms with Crippen molar-refractivity contribution in [1.29, 1.82) is 0 Å². The van der Waals surface area contributed by atoms with Crippen LogP contribution in [-0.4, -0.2) is 55.1 Å². The normalized spacial score (nSPS) is 43.3. The molecule has 4 heterocycles. The molecule has 4 bridgehead atoms. The van der Waals surface area contributed by atoms with Crippen molar-refractivity contribution in [1.82, 2.24) is 4.90 Å². The maximum absolute atomic E-state index is 13.8. The lowest BCUT2D eigenvalue weighted by molar-refractivity contribution is -0.196. The second-order valence-corrected chi connectivity index (χ2v) is 9.17. The largest absolute Gasteiger partial charge is 0.468 e. The third kappa shape index (κ3) is 1.70. The molecule has 1 aromatic carbocycles. The standard InChI is InChI=1S/C23H26N2O5/c1-4-14-11-25-18-9-16(14)21(20(27)28-3,12-29-13(2)26)22-10-19(25)30-23(18,22)24-17-8-6-5-7-15(17)22/h4-8,16,18-19,24H,9-12H2,1-3H3/b14-4-/t16-,18?,19+,21-,22-,23?/m0/s1. The lowest BCUT2D eigenvalue weighted by Crippen LogP contribution is -2.78. The van der Waals surface area contributed by atoms with E-state index in [1.807, 2.05) is 25.1 Å². The highest BCUT2D eigenvalue weighted by Crippen LogP contribution is 2.76. The van der Waals surface area contributed by atoms with E-state index in [2.05, 4.69) is 22.4 Å². The molecule has 7 nitrogen and oxygen atoms in total. The van der Waals surface area contributed by atoms with E-state index in [-0.39, 0.29) is 30.8 Å². The Hall–Kier alpha value is -2.38. The van der Waals surface area contributed by atoms with E-state index in [4.69, 9.17) is 14.2 Å². The van der Waals surface area contributed by atoms with E-state index in [1.165, 1.54) is 19.6 Å². The zero-order valence-corrected chi connectivity index (χ0v) is 17.4. The van der Waals surface area contributed by atoms with E-state index in [1.54, 1.807) is 0 Å². The van der Waals surface area contributed by atoms with Gasteiger partial charge in [0.05, 0.1) is 18.6 Å². The zero-order chi connectivity index (χ0) is 20.9. The van der Waals surface area contributed by atoms with Crippen LogP contribution < -0.4 is 5.32 Å². The highest BCUT2D eigenvalue weighted by atomic mass is 16.6. The van der Waals surface area contributed by atoms with Gasteiger partial charge in [0.15, 0.2) is 5.72 Å². The van der Waals surface area contributed by atoms with Crippen LogP contribution in [0.3, 0.4) is 0 Å². The molecule has 0 radical (unpaired) electrons. The second-order valence-electron chi connectivity index (χ2n) is 9.17. The summed E-state index contributed by atoms with van der Waals surface area (Å²) in [7, 11) is 1.43. The number of nitrogens with zero attached hydrogens (tertiary/aromatic N) is 1. The van der Waals surface area contributed by atoms with Gasteiger partial charge in [-0.2, -0.15) is 0 Å². The predicted octanol–water partition coefficient (Wildman–Crippen LogP) is 2.18. The zero-order valence-electron chi connectivity index (χ0n) is 17.4. The molecular weight excluding hydrogens is 384 g/mol. The summed E-state index contributed by atoms with van der Waals surface area (Å²) in [5.41, 5.74) is 0.775. The highest BCUT2D eigenvalue weighted by molar-refractivity contribution is 5.86. The summed E-state index contributed by atoms with van der Waals surface area (Å²) in [4.78, 5) is 28.2. The lowest BCUT2D eigenvalue weighted by Gasteiger charge is -2.64. The van der Waals surface area contributed by atoms with Gasteiger partial charge in [-0.25, -0.2) is 0 Å². The third-order valence-electron chi connectivity index (χ3n) is 8.44. The van der Waals surface area contributed by atoms with Gasteiger partial charge in [-0.05, 0) is 25.0 Å². The minimum absolute atomic E-state index is 0.0163. The first kappa shape index (κ1) is 18.4. The molecule has 3 saturated heterocycles. The first-order valence-corrected chi connectivity index (χ1v) is 10.6. The Bertz CT molecular complexity index is 1010. The molecule has 1 saturated carbocycles. The maximum atomic E-state index is 13.8. The number of esters is 2. The molecule has 6 rings (SSSR count). The first-order chi connectivity index (χ1) is 14.4. The maximum Gasteiger partial charge on any atom is 0.317 e. The average Bonchev–Trinajstić information content (AvgIpc) is 3.35. The van der Waals surface area contributed by atoms with Gasteiger partial charge in [0, 0.05) is 31.5 Å². The van der Waals surface area contributed by atoms with Crippen molar-refractivity contribution in [2.75, 3.05) is 25.6 Å². The lowest BCUT2D eigenvalue weighted by atomic mass is 9.42. The topological polar surface area (TPSA) is 77.1 Å². The summed E-state index contributed by atoms with van der Waals surface area (Å²) in [6.07, 6.45) is 3.45. The fourth-order valence-electron chi connectivity index (χ4n) is 7.51. The van der Waals surface area contributed by atoms with E-state index in [0.717, 1.165) is 24.2 Å². The molecule has 6 atom stereocenters. The Morgan fingerprint density at radius 1 is 1.37 bits per heavy atom. The third-order valence-corrected chi connectivity index (χ3v) is 8.44. The molecule has 1 aromatic rings. The molecule has 7 heteroatoms. The molecule has 2 unspecified atom stereocenters. The van der Waals surface area contributed by atoms with Gasteiger partial charge in [-0.15, -0.1) is 0 Å². The molecule has 0 aromatic heterocycles. The number of piperidine rings is 2. The monoisotopic (exact) mass is 410 g/mol. The van der Waals surface area contributed by atoms with Crippen LogP contribution in [0.25, 0.3) is 0 Å². The van der Waals surface area contributed by atoms with Gasteiger partial charge in [0.1, 0.15) is 18.2 Å². The number of carbonyl (C=O) groups is 2. The Kier molecular flexibility index (Phi) is 3.46. The number of fused-ring (bicyclic) bond motifs is 4. The molecule has 1 aliphatic carbocycles. The minimum atomic E-state index is -1.06. The summed E-state index contributed by atoms with van der Waals surface area (Å²) in [5.74, 6) is -0.804. The van der Waals surface area contributed by atoms with Crippen LogP contribution >= 0.6 is 0 Å². The molecular formula is C23H26N2O5. The van der Waals surface area contributed by atoms with Crippen LogP contribution in [0.4, 0.5) is 5.69 Å². The summed E-state index contributed by atoms with van der Waals surface area (Å²) >= 11 is 0. The molecule has 5 aliphatic rings. The van der Waals surface area contributed by atoms with Gasteiger partial charge >= 0.3 is 11.9 Å². The predicted molar refractivity (Wildman–Crippen MR) is 107 cm³/mol. The Morgan fingerprint density at radius 2 is 2.17 bits per heavy atom. The Labute approximate surface area is 175 Å². The second kappa shape index (κ2) is 5.65. The van der Waals surface area contributed by atoms with Crippen molar-refractivity contribution in [2.24, 2.45) is 11.3 Å². The van der Waals surface area contributed by atoms with Gasteiger partial charge in [-0.1, -0.05) is 29.8 Å². The van der Waals surface area contributed by atoms with Crippen molar-refractivity contribution < 1.29 is 23.8 Å². The quantitative estimate of drug-likeness (QED) is 0.605. The fourth-order valence-corrected chi connectivity index (χ4v) is 7.51. The van der Waals surface area contributed by atoms with Crippen molar-refractivity contribution in [3.8, 4) is 0 Å². The molecule has 1 spiro atoms. The van der Waals surface area contributed by atoms with E-state index in [0.29, 0.717) is 6.42 Å². The minimum Gasteiger partial charge on any atom is -0.468 e. The van der Waals surface area contributed by atoms with Gasteiger partial charge in [-0.3, -0.25) is 14.5 Å². The summed E-state index contributed by atoms with van der Waals surface area (Å²) in [6.45, 7) is 4.15. The fraction of sp³-hybridized carbons (Fsp3) is 0.565. The molecule has 0 amide bonds. The van der Waals surface area contributed by atoms with Crippen molar-refractivity contribution in [3.05, 3.63) is 41.5 Å². The number of carbonyl (C=O) groups excluding carboxylic acids is 2. The van der Waals surface area contributed by atoms with Crippen molar-refractivity contribution in [3.63, 3.8) is 0 Å². The van der Waals surface area contributed by atoms with Crippen LogP contribution in [0.2, 0.25) is 0 Å². The average molecular weight is 410 g/mol. The van der Waals surface area contributed by atoms with Crippen molar-refractivity contribution >= 4 is 17.6 Å². The number of nitrogens with one attached hydrogen (secondary N) is 1. The SMILES string of the molecule is C/C=C1/CN2C3C[C@@H]1[C@@](COC(C)=O)(C(=O)OC)[C@@]14C[C@H]2OC31Nc1ccccc14. The molecule has 4 fully saturated rings. The smallest absolute Gasteiger partial charge is 0.317 e. The van der Waals surface area contributed by atoms with Gasteiger partial charge in [0.2, 0.25) is 0 Å². The van der Waals surface area contributed by atoms with Crippen LogP contribution in [0.1, 0.15) is 32.3 Å². The van der Waals surface area contributed by atoms with Crippen LogP contribution in [0, 0.1) is 11.3 Å². The number of para-hydroxylation sites is 1. The number of benzene rings is 1. The number of rotatable bonds is 3. The number of allylic oxidation sites excluding steroid dienone is 1. The summed E-state index contributed by atoms with van der Waals surface area (Å²) in [5, 5.41) is 3.70. The van der Waals surface area contributed by atoms with E-state index in [9.17, 15) is 9.59 Å². The Morgan fingerprint density at radius 3 is 2.90 bits per heavy atom. The summed E-state index contributed by atoms with van der Waals surface area (Å²) < 4.78 is 17.9. The van der Waals surface area contributed by atoms with E-state index >= 15 is 0 Å². The van der Waals surface area contributed by atoms with Crippen LogP contribution in [0.15, 0.2) is 35.9 Å². The summed E-state index contributed by atoms with van der Waals surface area (Å²) in [6, 6.07) is 8.28. The number of hydrogen-bond acceptors (Lipinski definition) is 7. The molecule has 30 heavy (non-hydrogen) atoms. The highest BCUT2D eigenvalue weighted by Gasteiger charge is 2.87. The van der Waals surface area contributed by atoms with Crippen LogP contribution in [-0.2, 0) is 29.2 Å².